The number of urea groups is 1. The van der Waals surface area contributed by atoms with Crippen molar-refractivity contribution in [3.8, 4) is 0 Å². The molecule has 9 heteroatoms. The SMILES string of the molecule is CN1C(=O)C(OC(=O)Nc2ccc(Cl)cc2)N(c2ccccc2Cl)C1=O. The molecule has 2 aromatic carbocycles. The van der Waals surface area contributed by atoms with Crippen LogP contribution in [0.5, 0.6) is 0 Å². The fourth-order valence-electron chi connectivity index (χ4n) is 2.39. The Bertz CT molecular complexity index is 873. The lowest BCUT2D eigenvalue weighted by atomic mass is 10.3. The van der Waals surface area contributed by atoms with Gasteiger partial charge in [0.1, 0.15) is 0 Å². The highest BCUT2D eigenvalue weighted by Gasteiger charge is 2.47. The second kappa shape index (κ2) is 7.23. The fourth-order valence-corrected chi connectivity index (χ4v) is 2.75. The number of likely N-dealkylation sites (N-methyl/N-ethyl adjacent to an activating group) is 1. The van der Waals surface area contributed by atoms with Crippen molar-refractivity contribution in [1.82, 2.24) is 4.90 Å². The molecule has 1 heterocycles. The number of hydrogen-bond donors (Lipinski definition) is 1. The number of carbonyl (C=O) groups is 3. The van der Waals surface area contributed by atoms with Gasteiger partial charge in [-0.1, -0.05) is 35.3 Å². The fraction of sp³-hybridized carbons (Fsp3) is 0.118. The highest BCUT2D eigenvalue weighted by Crippen LogP contribution is 2.32. The lowest BCUT2D eigenvalue weighted by Crippen LogP contribution is -2.40. The van der Waals surface area contributed by atoms with Gasteiger partial charge in [0.2, 0.25) is 0 Å². The van der Waals surface area contributed by atoms with Crippen LogP contribution in [0.15, 0.2) is 48.5 Å². The van der Waals surface area contributed by atoms with E-state index in [1.807, 2.05) is 0 Å². The van der Waals surface area contributed by atoms with Gasteiger partial charge in [0.25, 0.3) is 12.1 Å². The molecule has 1 aliphatic rings. The molecule has 0 aromatic heterocycles. The van der Waals surface area contributed by atoms with Gasteiger partial charge in [-0.15, -0.1) is 0 Å². The van der Waals surface area contributed by atoms with Crippen LogP contribution in [0.1, 0.15) is 0 Å². The van der Waals surface area contributed by atoms with E-state index in [0.717, 1.165) is 9.80 Å². The number of rotatable bonds is 3. The van der Waals surface area contributed by atoms with E-state index >= 15 is 0 Å². The molecule has 0 aliphatic carbocycles. The summed E-state index contributed by atoms with van der Waals surface area (Å²) in [6.07, 6.45) is -2.36. The molecule has 7 nitrogen and oxygen atoms in total. The first-order valence-electron chi connectivity index (χ1n) is 7.47. The maximum Gasteiger partial charge on any atom is 0.414 e. The quantitative estimate of drug-likeness (QED) is 0.800. The Kier molecular flexibility index (Phi) is 5.01. The Morgan fingerprint density at radius 1 is 1.08 bits per heavy atom. The Hall–Kier alpha value is -2.77. The monoisotopic (exact) mass is 393 g/mol. The third-order valence-corrected chi connectivity index (χ3v) is 4.26. The molecule has 4 amide bonds. The van der Waals surface area contributed by atoms with Crippen molar-refractivity contribution in [2.24, 2.45) is 0 Å². The van der Waals surface area contributed by atoms with Crippen molar-refractivity contribution >= 4 is 52.6 Å². The molecule has 1 aliphatic heterocycles. The minimum Gasteiger partial charge on any atom is -0.415 e. The molecule has 3 rings (SSSR count). The Morgan fingerprint density at radius 2 is 1.73 bits per heavy atom. The third-order valence-electron chi connectivity index (χ3n) is 3.69. The molecule has 0 radical (unpaired) electrons. The molecule has 1 unspecified atom stereocenters. The Morgan fingerprint density at radius 3 is 2.38 bits per heavy atom. The second-order valence-corrected chi connectivity index (χ2v) is 6.23. The van der Waals surface area contributed by atoms with Crippen molar-refractivity contribution in [2.45, 2.75) is 6.23 Å². The minimum atomic E-state index is -1.46. The number of nitrogens with zero attached hydrogens (tertiary/aromatic N) is 2. The predicted octanol–water partition coefficient (Wildman–Crippen LogP) is 3.97. The molecule has 26 heavy (non-hydrogen) atoms. The molecule has 1 saturated heterocycles. The number of benzene rings is 2. The first-order valence-corrected chi connectivity index (χ1v) is 8.22. The number of ether oxygens (including phenoxy) is 1. The van der Waals surface area contributed by atoms with E-state index in [9.17, 15) is 14.4 Å². The summed E-state index contributed by atoms with van der Waals surface area (Å²) in [7, 11) is 1.30. The molecule has 2 aromatic rings. The van der Waals surface area contributed by atoms with E-state index in [-0.39, 0.29) is 10.7 Å². The lowest BCUT2D eigenvalue weighted by molar-refractivity contribution is -0.132. The summed E-state index contributed by atoms with van der Waals surface area (Å²) in [5.41, 5.74) is 0.690. The molecule has 0 bridgehead atoms. The number of nitrogens with one attached hydrogen (secondary N) is 1. The summed E-state index contributed by atoms with van der Waals surface area (Å²) in [5, 5.41) is 3.22. The van der Waals surface area contributed by atoms with Crippen LogP contribution >= 0.6 is 23.2 Å². The first kappa shape index (κ1) is 18.0. The molecule has 1 N–H and O–H groups in total. The van der Waals surface area contributed by atoms with Crippen LogP contribution < -0.4 is 10.2 Å². The van der Waals surface area contributed by atoms with Crippen molar-refractivity contribution in [1.29, 1.82) is 0 Å². The van der Waals surface area contributed by atoms with Crippen LogP contribution in [0.25, 0.3) is 0 Å². The second-order valence-electron chi connectivity index (χ2n) is 5.39. The zero-order chi connectivity index (χ0) is 18.8. The van der Waals surface area contributed by atoms with Gasteiger partial charge in [0.15, 0.2) is 0 Å². The van der Waals surface area contributed by atoms with Crippen molar-refractivity contribution < 1.29 is 19.1 Å². The number of amides is 4. The van der Waals surface area contributed by atoms with Crippen molar-refractivity contribution in [2.75, 3.05) is 17.3 Å². The van der Waals surface area contributed by atoms with Crippen LogP contribution in [-0.4, -0.2) is 36.2 Å². The average Bonchev–Trinajstić information content (AvgIpc) is 2.82. The number of hydrogen-bond acceptors (Lipinski definition) is 4. The van der Waals surface area contributed by atoms with Gasteiger partial charge in [0.05, 0.1) is 10.7 Å². The molecular formula is C17H13Cl2N3O4. The molecule has 1 fully saturated rings. The van der Waals surface area contributed by atoms with Gasteiger partial charge < -0.3 is 4.74 Å². The van der Waals surface area contributed by atoms with Gasteiger partial charge >= 0.3 is 12.1 Å². The maximum atomic E-state index is 12.4. The van der Waals surface area contributed by atoms with Gasteiger partial charge in [-0.3, -0.25) is 15.0 Å². The van der Waals surface area contributed by atoms with Gasteiger partial charge in [-0.05, 0) is 36.4 Å². The van der Waals surface area contributed by atoms with Gasteiger partial charge in [-0.2, -0.15) is 0 Å². The highest BCUT2D eigenvalue weighted by atomic mass is 35.5. The molecule has 134 valence electrons. The largest absolute Gasteiger partial charge is 0.415 e. The van der Waals surface area contributed by atoms with Crippen LogP contribution in [0.2, 0.25) is 10.0 Å². The van der Waals surface area contributed by atoms with Gasteiger partial charge in [0, 0.05) is 17.8 Å². The normalized spacial score (nSPS) is 16.8. The Balaban J connectivity index is 1.82. The number of imide groups is 1. The smallest absolute Gasteiger partial charge is 0.414 e. The number of halogens is 2. The molecular weight excluding hydrogens is 381 g/mol. The summed E-state index contributed by atoms with van der Waals surface area (Å²) in [4.78, 5) is 38.8. The van der Waals surface area contributed by atoms with E-state index in [1.165, 1.54) is 7.05 Å². The standard InChI is InChI=1S/C17H13Cl2N3O4/c1-21-14(23)15(22(17(21)25)13-5-3-2-4-12(13)19)26-16(24)20-11-8-6-10(18)7-9-11/h2-9,15H,1H3,(H,20,24). The van der Waals surface area contributed by atoms with E-state index in [2.05, 4.69) is 5.32 Å². The van der Waals surface area contributed by atoms with Crippen LogP contribution in [0.4, 0.5) is 21.0 Å². The summed E-state index contributed by atoms with van der Waals surface area (Å²) in [6, 6.07) is 12.1. The number of para-hydroxylation sites is 1. The Labute approximate surface area is 159 Å². The minimum absolute atomic E-state index is 0.246. The lowest BCUT2D eigenvalue weighted by Gasteiger charge is -2.22. The van der Waals surface area contributed by atoms with Crippen molar-refractivity contribution in [3.63, 3.8) is 0 Å². The van der Waals surface area contributed by atoms with Crippen LogP contribution in [0, 0.1) is 0 Å². The van der Waals surface area contributed by atoms with E-state index in [0.29, 0.717) is 10.7 Å². The summed E-state index contributed by atoms with van der Waals surface area (Å²) in [5.74, 6) is -0.679. The number of carbonyl (C=O) groups excluding carboxylic acids is 3. The molecule has 1 atom stereocenters. The molecule has 0 saturated carbocycles. The third kappa shape index (κ3) is 3.44. The maximum absolute atomic E-state index is 12.4. The highest BCUT2D eigenvalue weighted by molar-refractivity contribution is 6.34. The average molecular weight is 394 g/mol. The predicted molar refractivity (Wildman–Crippen MR) is 97.4 cm³/mol. The van der Waals surface area contributed by atoms with Crippen LogP contribution in [-0.2, 0) is 9.53 Å². The van der Waals surface area contributed by atoms with Gasteiger partial charge in [-0.25, -0.2) is 14.5 Å². The van der Waals surface area contributed by atoms with E-state index in [4.69, 9.17) is 27.9 Å². The van der Waals surface area contributed by atoms with Crippen LogP contribution in [0.3, 0.4) is 0 Å². The van der Waals surface area contributed by atoms with E-state index < -0.39 is 24.3 Å². The van der Waals surface area contributed by atoms with E-state index in [1.54, 1.807) is 48.5 Å². The number of anilines is 2. The summed E-state index contributed by atoms with van der Waals surface area (Å²) >= 11 is 11.9. The molecule has 0 spiro atoms. The topological polar surface area (TPSA) is 79.0 Å². The zero-order valence-corrected chi connectivity index (χ0v) is 15.0. The zero-order valence-electron chi connectivity index (χ0n) is 13.5. The van der Waals surface area contributed by atoms with Crippen molar-refractivity contribution in [3.05, 3.63) is 58.6 Å². The summed E-state index contributed by atoms with van der Waals surface area (Å²) in [6.45, 7) is 0. The first-order chi connectivity index (χ1) is 12.4. The summed E-state index contributed by atoms with van der Waals surface area (Å²) < 4.78 is 5.19.